The van der Waals surface area contributed by atoms with E-state index < -0.39 is 36.5 Å². The summed E-state index contributed by atoms with van der Waals surface area (Å²) >= 11 is 0. The summed E-state index contributed by atoms with van der Waals surface area (Å²) in [5.74, 6) is -2.12. The van der Waals surface area contributed by atoms with Gasteiger partial charge in [-0.1, -0.05) is 54.6 Å². The molecule has 0 aromatic heterocycles. The van der Waals surface area contributed by atoms with Gasteiger partial charge in [-0.3, -0.25) is 14.4 Å². The van der Waals surface area contributed by atoms with Crippen LogP contribution in [0.2, 0.25) is 0 Å². The standard InChI is InChI=1S/C26H27N3O6/c1-2-7-22(25(33)29-13-12-28(15-24(31)32)23(30)14-29)27-26(34)35-16-21-19-10-5-3-8-17(19)18-9-4-6-11-20(18)21/h2-6,8-11,21-22H,1,7,12-16H2,(H,27,34)(H,31,32). The molecule has 1 aliphatic carbocycles. The number of alkyl carbamates (subject to hydrolysis) is 1. The number of hydrogen-bond donors (Lipinski definition) is 2. The molecule has 182 valence electrons. The summed E-state index contributed by atoms with van der Waals surface area (Å²) in [5, 5.41) is 11.5. The van der Waals surface area contributed by atoms with Crippen molar-refractivity contribution < 1.29 is 29.0 Å². The van der Waals surface area contributed by atoms with Crippen LogP contribution in [0.3, 0.4) is 0 Å². The van der Waals surface area contributed by atoms with E-state index >= 15 is 0 Å². The van der Waals surface area contributed by atoms with Crippen LogP contribution in [0.25, 0.3) is 11.1 Å². The van der Waals surface area contributed by atoms with Crippen molar-refractivity contribution in [2.75, 3.05) is 32.8 Å². The number of piperazine rings is 1. The third-order valence-corrected chi connectivity index (χ3v) is 6.29. The predicted octanol–water partition coefficient (Wildman–Crippen LogP) is 2.23. The van der Waals surface area contributed by atoms with Crippen molar-refractivity contribution in [3.8, 4) is 11.1 Å². The molecule has 1 heterocycles. The average Bonchev–Trinajstić information content (AvgIpc) is 3.17. The van der Waals surface area contributed by atoms with Crippen molar-refractivity contribution in [2.24, 2.45) is 0 Å². The van der Waals surface area contributed by atoms with Crippen molar-refractivity contribution in [3.05, 3.63) is 72.3 Å². The maximum Gasteiger partial charge on any atom is 0.407 e. The molecule has 0 radical (unpaired) electrons. The van der Waals surface area contributed by atoms with Gasteiger partial charge in [0.1, 0.15) is 19.2 Å². The molecule has 9 heteroatoms. The third kappa shape index (κ3) is 5.18. The summed E-state index contributed by atoms with van der Waals surface area (Å²) in [5.41, 5.74) is 4.39. The molecule has 2 aromatic carbocycles. The summed E-state index contributed by atoms with van der Waals surface area (Å²) in [4.78, 5) is 51.3. The van der Waals surface area contributed by atoms with Gasteiger partial charge in [-0.2, -0.15) is 0 Å². The van der Waals surface area contributed by atoms with Crippen LogP contribution in [0.1, 0.15) is 23.5 Å². The molecule has 2 aromatic rings. The Hall–Kier alpha value is -4.14. The molecule has 0 bridgehead atoms. The van der Waals surface area contributed by atoms with E-state index in [9.17, 15) is 19.2 Å². The molecule has 1 saturated heterocycles. The smallest absolute Gasteiger partial charge is 0.407 e. The number of carboxylic acid groups (broad SMARTS) is 1. The number of carbonyl (C=O) groups excluding carboxylic acids is 3. The monoisotopic (exact) mass is 477 g/mol. The maximum absolute atomic E-state index is 13.0. The first kappa shape index (κ1) is 24.0. The van der Waals surface area contributed by atoms with Gasteiger partial charge in [0.15, 0.2) is 0 Å². The summed E-state index contributed by atoms with van der Waals surface area (Å²) in [6.07, 6.45) is 0.935. The summed E-state index contributed by atoms with van der Waals surface area (Å²) in [6, 6.07) is 15.0. The van der Waals surface area contributed by atoms with E-state index in [2.05, 4.69) is 11.9 Å². The lowest BCUT2D eigenvalue weighted by Gasteiger charge is -2.35. The zero-order valence-corrected chi connectivity index (χ0v) is 19.2. The number of hydrogen-bond acceptors (Lipinski definition) is 5. The highest BCUT2D eigenvalue weighted by molar-refractivity contribution is 5.91. The van der Waals surface area contributed by atoms with Crippen LogP contribution in [-0.2, 0) is 19.1 Å². The lowest BCUT2D eigenvalue weighted by atomic mass is 9.98. The van der Waals surface area contributed by atoms with E-state index in [-0.39, 0.29) is 38.6 Å². The number of benzene rings is 2. The first-order valence-electron chi connectivity index (χ1n) is 11.4. The Kier molecular flexibility index (Phi) is 7.14. The van der Waals surface area contributed by atoms with Crippen LogP contribution in [0.4, 0.5) is 4.79 Å². The number of aliphatic carboxylic acids is 1. The van der Waals surface area contributed by atoms with Crippen LogP contribution in [0.15, 0.2) is 61.2 Å². The lowest BCUT2D eigenvalue weighted by Crippen LogP contribution is -2.57. The molecule has 0 saturated carbocycles. The van der Waals surface area contributed by atoms with Gasteiger partial charge in [0.25, 0.3) is 0 Å². The van der Waals surface area contributed by atoms with Crippen LogP contribution < -0.4 is 5.32 Å². The van der Waals surface area contributed by atoms with Gasteiger partial charge < -0.3 is 25.0 Å². The third-order valence-electron chi connectivity index (χ3n) is 6.29. The Bertz CT molecular complexity index is 1120. The van der Waals surface area contributed by atoms with Crippen molar-refractivity contribution in [3.63, 3.8) is 0 Å². The minimum Gasteiger partial charge on any atom is -0.480 e. The lowest BCUT2D eigenvalue weighted by molar-refractivity contribution is -0.151. The van der Waals surface area contributed by atoms with Gasteiger partial charge >= 0.3 is 12.1 Å². The number of ether oxygens (including phenoxy) is 1. The van der Waals surface area contributed by atoms with Crippen molar-refractivity contribution in [2.45, 2.75) is 18.4 Å². The molecule has 2 N–H and O–H groups in total. The molecule has 1 unspecified atom stereocenters. The molecule has 9 nitrogen and oxygen atoms in total. The maximum atomic E-state index is 13.0. The number of fused-ring (bicyclic) bond motifs is 3. The fourth-order valence-electron chi connectivity index (χ4n) is 4.62. The first-order chi connectivity index (χ1) is 16.9. The number of rotatable bonds is 8. The number of amides is 3. The van der Waals surface area contributed by atoms with Crippen LogP contribution >= 0.6 is 0 Å². The minimum absolute atomic E-state index is 0.110. The van der Waals surface area contributed by atoms with E-state index in [0.717, 1.165) is 22.3 Å². The Labute approximate surface area is 203 Å². The Balaban J connectivity index is 1.37. The van der Waals surface area contributed by atoms with Crippen molar-refractivity contribution in [1.29, 1.82) is 0 Å². The average molecular weight is 478 g/mol. The van der Waals surface area contributed by atoms with Crippen molar-refractivity contribution >= 4 is 23.9 Å². The molecule has 0 spiro atoms. The first-order valence-corrected chi connectivity index (χ1v) is 11.4. The predicted molar refractivity (Wildman–Crippen MR) is 128 cm³/mol. The van der Waals surface area contributed by atoms with Crippen LogP contribution in [-0.4, -0.2) is 77.6 Å². The molecule has 3 amide bonds. The Morgan fingerprint density at radius 2 is 1.71 bits per heavy atom. The highest BCUT2D eigenvalue weighted by Crippen LogP contribution is 2.44. The fourth-order valence-corrected chi connectivity index (χ4v) is 4.62. The normalized spacial score (nSPS) is 15.7. The zero-order chi connectivity index (χ0) is 24.9. The molecule has 35 heavy (non-hydrogen) atoms. The topological polar surface area (TPSA) is 116 Å². The van der Waals surface area contributed by atoms with Gasteiger partial charge in [-0.25, -0.2) is 4.79 Å². The Morgan fingerprint density at radius 1 is 1.09 bits per heavy atom. The van der Waals surface area contributed by atoms with E-state index in [4.69, 9.17) is 9.84 Å². The Morgan fingerprint density at radius 3 is 2.29 bits per heavy atom. The van der Waals surface area contributed by atoms with Crippen LogP contribution in [0.5, 0.6) is 0 Å². The molecular formula is C26H27N3O6. The van der Waals surface area contributed by atoms with E-state index in [1.54, 1.807) is 0 Å². The molecular weight excluding hydrogens is 450 g/mol. The molecule has 1 fully saturated rings. The highest BCUT2D eigenvalue weighted by Gasteiger charge is 2.33. The van der Waals surface area contributed by atoms with Crippen LogP contribution in [0, 0.1) is 0 Å². The van der Waals surface area contributed by atoms with Gasteiger partial charge in [0.05, 0.1) is 6.54 Å². The van der Waals surface area contributed by atoms with E-state index in [1.807, 2.05) is 48.5 Å². The van der Waals surface area contributed by atoms with E-state index in [0.29, 0.717) is 0 Å². The second-order valence-electron chi connectivity index (χ2n) is 8.52. The summed E-state index contributed by atoms with van der Waals surface area (Å²) in [6.45, 7) is 3.40. The number of nitrogens with one attached hydrogen (secondary N) is 1. The van der Waals surface area contributed by atoms with Gasteiger partial charge in [0, 0.05) is 19.0 Å². The number of carboxylic acids is 1. The van der Waals surface area contributed by atoms with Gasteiger partial charge in [-0.05, 0) is 28.7 Å². The molecule has 1 aliphatic heterocycles. The van der Waals surface area contributed by atoms with Gasteiger partial charge in [0.2, 0.25) is 11.8 Å². The minimum atomic E-state index is -1.11. The SMILES string of the molecule is C=CCC(NC(=O)OCC1c2ccccc2-c2ccccc21)C(=O)N1CCN(CC(=O)O)C(=O)C1. The number of nitrogens with zero attached hydrogens (tertiary/aromatic N) is 2. The van der Waals surface area contributed by atoms with E-state index in [1.165, 1.54) is 15.9 Å². The number of carbonyl (C=O) groups is 4. The zero-order valence-electron chi connectivity index (χ0n) is 19.2. The quantitative estimate of drug-likeness (QED) is 0.564. The summed E-state index contributed by atoms with van der Waals surface area (Å²) < 4.78 is 5.54. The molecule has 4 rings (SSSR count). The fraction of sp³-hybridized carbons (Fsp3) is 0.308. The molecule has 1 atom stereocenters. The summed E-state index contributed by atoms with van der Waals surface area (Å²) in [7, 11) is 0. The van der Waals surface area contributed by atoms with Gasteiger partial charge in [-0.15, -0.1) is 6.58 Å². The molecule has 2 aliphatic rings. The second-order valence-corrected chi connectivity index (χ2v) is 8.52. The second kappa shape index (κ2) is 10.4. The van der Waals surface area contributed by atoms with Crippen molar-refractivity contribution in [1.82, 2.24) is 15.1 Å². The highest BCUT2D eigenvalue weighted by atomic mass is 16.5. The largest absolute Gasteiger partial charge is 0.480 e.